The molecule has 0 unspecified atom stereocenters. The van der Waals surface area contributed by atoms with Crippen LogP contribution in [0.3, 0.4) is 0 Å². The van der Waals surface area contributed by atoms with E-state index in [1.54, 1.807) is 0 Å². The number of hydrogen-bond acceptors (Lipinski definition) is 2. The number of nitrogens with one attached hydrogen (secondary N) is 3. The van der Waals surface area contributed by atoms with Crippen molar-refractivity contribution >= 4 is 11.9 Å². The SMILES string of the molecule is CN=C(NCCNC(=O)C1CC1)NCCC(F)(F)F. The summed E-state index contributed by atoms with van der Waals surface area (Å²) in [4.78, 5) is 15.1. The van der Waals surface area contributed by atoms with Gasteiger partial charge in [0.05, 0.1) is 6.42 Å². The molecule has 3 N–H and O–H groups in total. The third kappa shape index (κ3) is 7.53. The van der Waals surface area contributed by atoms with Crippen LogP contribution in [0.25, 0.3) is 0 Å². The molecule has 0 aliphatic heterocycles. The van der Waals surface area contributed by atoms with Crippen molar-refractivity contribution in [2.75, 3.05) is 26.7 Å². The Morgan fingerprint density at radius 1 is 1.16 bits per heavy atom. The van der Waals surface area contributed by atoms with Crippen molar-refractivity contribution in [3.8, 4) is 0 Å². The zero-order chi connectivity index (χ0) is 14.3. The highest BCUT2D eigenvalue weighted by Crippen LogP contribution is 2.28. The average Bonchev–Trinajstić information content (AvgIpc) is 3.14. The Hall–Kier alpha value is -1.47. The summed E-state index contributed by atoms with van der Waals surface area (Å²) in [7, 11) is 1.48. The first-order valence-electron chi connectivity index (χ1n) is 6.21. The van der Waals surface area contributed by atoms with Gasteiger partial charge in [-0.3, -0.25) is 9.79 Å². The van der Waals surface area contributed by atoms with Gasteiger partial charge in [0.2, 0.25) is 5.91 Å². The summed E-state index contributed by atoms with van der Waals surface area (Å²) in [6, 6.07) is 0. The van der Waals surface area contributed by atoms with Crippen LogP contribution in [0.15, 0.2) is 4.99 Å². The number of halogens is 3. The molecule has 1 aliphatic carbocycles. The fourth-order valence-electron chi connectivity index (χ4n) is 1.40. The number of aliphatic imine (C=N–C) groups is 1. The van der Waals surface area contributed by atoms with Crippen molar-refractivity contribution < 1.29 is 18.0 Å². The summed E-state index contributed by atoms with van der Waals surface area (Å²) in [5.74, 6) is 0.496. The summed E-state index contributed by atoms with van der Waals surface area (Å²) in [5, 5.41) is 8.12. The standard InChI is InChI=1S/C11H19F3N4O/c1-15-10(17-5-4-11(12,13)14)18-7-6-16-9(19)8-2-3-8/h8H,2-7H2,1H3,(H,16,19)(H2,15,17,18). The molecular weight excluding hydrogens is 261 g/mol. The number of rotatable bonds is 6. The lowest BCUT2D eigenvalue weighted by molar-refractivity contribution is -0.132. The van der Waals surface area contributed by atoms with E-state index >= 15 is 0 Å². The topological polar surface area (TPSA) is 65.5 Å². The van der Waals surface area contributed by atoms with E-state index in [2.05, 4.69) is 20.9 Å². The van der Waals surface area contributed by atoms with Crippen molar-refractivity contribution in [2.24, 2.45) is 10.9 Å². The molecule has 8 heteroatoms. The summed E-state index contributed by atoms with van der Waals surface area (Å²) >= 11 is 0. The van der Waals surface area contributed by atoms with E-state index in [1.165, 1.54) is 7.05 Å². The predicted molar refractivity (Wildman–Crippen MR) is 65.8 cm³/mol. The zero-order valence-electron chi connectivity index (χ0n) is 10.8. The van der Waals surface area contributed by atoms with Crippen LogP contribution < -0.4 is 16.0 Å². The molecule has 1 rings (SSSR count). The largest absolute Gasteiger partial charge is 0.390 e. The highest BCUT2D eigenvalue weighted by atomic mass is 19.4. The second-order valence-corrected chi connectivity index (χ2v) is 4.36. The smallest absolute Gasteiger partial charge is 0.356 e. The molecule has 0 saturated heterocycles. The van der Waals surface area contributed by atoms with Crippen molar-refractivity contribution in [3.05, 3.63) is 0 Å². The van der Waals surface area contributed by atoms with Crippen LogP contribution in [0.4, 0.5) is 13.2 Å². The summed E-state index contributed by atoms with van der Waals surface area (Å²) in [6.45, 7) is 0.622. The monoisotopic (exact) mass is 280 g/mol. The summed E-state index contributed by atoms with van der Waals surface area (Å²) in [6.07, 6.45) is -3.20. The van der Waals surface area contributed by atoms with Gasteiger partial charge in [0, 0.05) is 32.6 Å². The molecule has 0 spiro atoms. The van der Waals surface area contributed by atoms with E-state index in [-0.39, 0.29) is 18.4 Å². The van der Waals surface area contributed by atoms with Crippen LogP contribution in [0.2, 0.25) is 0 Å². The first kappa shape index (κ1) is 15.6. The van der Waals surface area contributed by atoms with Crippen LogP contribution in [-0.2, 0) is 4.79 Å². The van der Waals surface area contributed by atoms with Gasteiger partial charge in [-0.25, -0.2) is 0 Å². The first-order chi connectivity index (χ1) is 8.92. The molecule has 1 fully saturated rings. The maximum atomic E-state index is 11.9. The van der Waals surface area contributed by atoms with Gasteiger partial charge in [0.25, 0.3) is 0 Å². The molecule has 1 aliphatic rings. The Labute approximate surface area is 110 Å². The van der Waals surface area contributed by atoms with E-state index in [0.717, 1.165) is 12.8 Å². The molecule has 0 aromatic rings. The number of guanidine groups is 1. The van der Waals surface area contributed by atoms with Gasteiger partial charge in [-0.1, -0.05) is 0 Å². The Bertz CT molecular complexity index is 326. The Morgan fingerprint density at radius 3 is 2.26 bits per heavy atom. The third-order valence-electron chi connectivity index (χ3n) is 2.59. The number of carbonyl (C=O) groups excluding carboxylic acids is 1. The van der Waals surface area contributed by atoms with Crippen LogP contribution in [-0.4, -0.2) is 44.7 Å². The molecule has 19 heavy (non-hydrogen) atoms. The van der Waals surface area contributed by atoms with Crippen molar-refractivity contribution in [1.82, 2.24) is 16.0 Å². The minimum Gasteiger partial charge on any atom is -0.356 e. The fourth-order valence-corrected chi connectivity index (χ4v) is 1.40. The van der Waals surface area contributed by atoms with E-state index in [0.29, 0.717) is 19.0 Å². The molecule has 0 aromatic carbocycles. The second-order valence-electron chi connectivity index (χ2n) is 4.36. The second kappa shape index (κ2) is 7.20. The molecule has 0 aromatic heterocycles. The van der Waals surface area contributed by atoms with Gasteiger partial charge in [-0.05, 0) is 12.8 Å². The zero-order valence-corrected chi connectivity index (χ0v) is 10.8. The van der Waals surface area contributed by atoms with Gasteiger partial charge in [0.15, 0.2) is 5.96 Å². The summed E-state index contributed by atoms with van der Waals surface area (Å²) < 4.78 is 35.8. The van der Waals surface area contributed by atoms with Gasteiger partial charge in [-0.2, -0.15) is 13.2 Å². The van der Waals surface area contributed by atoms with Gasteiger partial charge in [0.1, 0.15) is 0 Å². The lowest BCUT2D eigenvalue weighted by Gasteiger charge is -2.13. The van der Waals surface area contributed by atoms with E-state index in [4.69, 9.17) is 0 Å². The number of alkyl halides is 3. The molecule has 1 amide bonds. The Morgan fingerprint density at radius 2 is 1.74 bits per heavy atom. The normalized spacial score (nSPS) is 16.1. The maximum absolute atomic E-state index is 11.9. The van der Waals surface area contributed by atoms with Crippen LogP contribution in [0.5, 0.6) is 0 Å². The Kier molecular flexibility index (Phi) is 5.91. The van der Waals surface area contributed by atoms with Crippen LogP contribution in [0, 0.1) is 5.92 Å². The molecule has 0 bridgehead atoms. The Balaban J connectivity index is 2.06. The number of carbonyl (C=O) groups is 1. The van der Waals surface area contributed by atoms with Gasteiger partial charge >= 0.3 is 6.18 Å². The van der Waals surface area contributed by atoms with E-state index in [1.807, 2.05) is 0 Å². The lowest BCUT2D eigenvalue weighted by Crippen LogP contribution is -2.42. The molecule has 110 valence electrons. The quantitative estimate of drug-likeness (QED) is 0.380. The lowest BCUT2D eigenvalue weighted by atomic mass is 10.4. The number of nitrogens with zero attached hydrogens (tertiary/aromatic N) is 1. The minimum atomic E-state index is -4.18. The van der Waals surface area contributed by atoms with Crippen molar-refractivity contribution in [1.29, 1.82) is 0 Å². The highest BCUT2D eigenvalue weighted by molar-refractivity contribution is 5.81. The first-order valence-corrected chi connectivity index (χ1v) is 6.21. The molecular formula is C11H19F3N4O. The molecule has 0 atom stereocenters. The number of hydrogen-bond donors (Lipinski definition) is 3. The van der Waals surface area contributed by atoms with E-state index in [9.17, 15) is 18.0 Å². The molecule has 5 nitrogen and oxygen atoms in total. The number of amides is 1. The van der Waals surface area contributed by atoms with Crippen molar-refractivity contribution in [2.45, 2.75) is 25.4 Å². The summed E-state index contributed by atoms with van der Waals surface area (Å²) in [5.41, 5.74) is 0. The predicted octanol–water partition coefficient (Wildman–Crippen LogP) is 0.630. The maximum Gasteiger partial charge on any atom is 0.390 e. The molecule has 1 saturated carbocycles. The minimum absolute atomic E-state index is 0.0433. The third-order valence-corrected chi connectivity index (χ3v) is 2.59. The fraction of sp³-hybridized carbons (Fsp3) is 0.818. The van der Waals surface area contributed by atoms with Crippen LogP contribution >= 0.6 is 0 Å². The van der Waals surface area contributed by atoms with Crippen LogP contribution in [0.1, 0.15) is 19.3 Å². The van der Waals surface area contributed by atoms with Gasteiger partial charge in [-0.15, -0.1) is 0 Å². The average molecular weight is 280 g/mol. The molecule has 0 heterocycles. The molecule has 0 radical (unpaired) electrons. The van der Waals surface area contributed by atoms with Gasteiger partial charge < -0.3 is 16.0 Å². The highest BCUT2D eigenvalue weighted by Gasteiger charge is 2.29. The van der Waals surface area contributed by atoms with Crippen molar-refractivity contribution in [3.63, 3.8) is 0 Å². The van der Waals surface area contributed by atoms with E-state index < -0.39 is 12.6 Å².